The Morgan fingerprint density at radius 2 is 1.12 bits per heavy atom. The first-order chi connectivity index (χ1) is 24.4. The number of hydrogen-bond acceptors (Lipinski definition) is 7. The van der Waals surface area contributed by atoms with E-state index in [0.29, 0.717) is 13.0 Å². The summed E-state index contributed by atoms with van der Waals surface area (Å²) in [6.07, 6.45) is 44.2. The Labute approximate surface area is 307 Å². The molecule has 0 rings (SSSR count). The fraction of sp³-hybridized carbons (Fsp3) is 0.780. The second-order valence-electron chi connectivity index (χ2n) is 13.1. The molecule has 0 aromatic rings. The maximum Gasteiger partial charge on any atom is 0.472 e. The van der Waals surface area contributed by atoms with Crippen LogP contribution in [-0.4, -0.2) is 49.9 Å². The van der Waals surface area contributed by atoms with Gasteiger partial charge < -0.3 is 20.1 Å². The van der Waals surface area contributed by atoms with Crippen molar-refractivity contribution in [3.05, 3.63) is 48.6 Å². The third-order valence-electron chi connectivity index (χ3n) is 8.26. The molecule has 0 saturated heterocycles. The number of rotatable bonds is 38. The van der Waals surface area contributed by atoms with E-state index in [1.54, 1.807) is 0 Å². The molecular weight excluding hydrogens is 649 g/mol. The molecule has 0 radical (unpaired) electrons. The van der Waals surface area contributed by atoms with Crippen LogP contribution in [0.5, 0.6) is 0 Å². The van der Waals surface area contributed by atoms with Gasteiger partial charge in [0.05, 0.1) is 19.8 Å². The zero-order chi connectivity index (χ0) is 36.6. The first-order valence-electron chi connectivity index (χ1n) is 20.1. The van der Waals surface area contributed by atoms with Crippen LogP contribution in [0.1, 0.15) is 168 Å². The van der Waals surface area contributed by atoms with Gasteiger partial charge in [-0.15, -0.1) is 0 Å². The summed E-state index contributed by atoms with van der Waals surface area (Å²) < 4.78 is 33.2. The van der Waals surface area contributed by atoms with Crippen LogP contribution in [0.15, 0.2) is 48.6 Å². The van der Waals surface area contributed by atoms with Crippen LogP contribution < -0.4 is 5.73 Å². The van der Waals surface area contributed by atoms with Crippen molar-refractivity contribution in [3.63, 3.8) is 0 Å². The SMILES string of the molecule is CC/C=C\C/C=C\C/C=C\C/C=C\CCCCCCCCCCCCC(=O)OC(COCCCCCCCCCC)COP(=O)(O)OCCN. The van der Waals surface area contributed by atoms with Gasteiger partial charge in [0.1, 0.15) is 6.10 Å². The average molecular weight is 726 g/mol. The summed E-state index contributed by atoms with van der Waals surface area (Å²) in [6.45, 7) is 4.78. The normalized spacial score (nSPS) is 14.1. The summed E-state index contributed by atoms with van der Waals surface area (Å²) in [5.41, 5.74) is 5.35. The lowest BCUT2D eigenvalue weighted by Crippen LogP contribution is -2.28. The molecule has 0 aromatic heterocycles. The van der Waals surface area contributed by atoms with Crippen molar-refractivity contribution < 1.29 is 32.8 Å². The Hall–Kier alpha value is -1.54. The Bertz CT molecular complexity index is 905. The highest BCUT2D eigenvalue weighted by Gasteiger charge is 2.25. The molecule has 8 nitrogen and oxygen atoms in total. The molecule has 0 heterocycles. The van der Waals surface area contributed by atoms with E-state index in [0.717, 1.165) is 57.8 Å². The number of carbonyl (C=O) groups excluding carboxylic acids is 1. The number of hydrogen-bond donors (Lipinski definition) is 2. The quantitative estimate of drug-likeness (QED) is 0.0279. The van der Waals surface area contributed by atoms with E-state index in [9.17, 15) is 14.3 Å². The van der Waals surface area contributed by atoms with E-state index in [2.05, 4.69) is 62.5 Å². The van der Waals surface area contributed by atoms with Gasteiger partial charge in [0, 0.05) is 19.6 Å². The minimum absolute atomic E-state index is 0.0968. The monoisotopic (exact) mass is 726 g/mol. The molecule has 9 heteroatoms. The molecule has 0 amide bonds. The van der Waals surface area contributed by atoms with Crippen molar-refractivity contribution in [3.8, 4) is 0 Å². The van der Waals surface area contributed by atoms with Gasteiger partial charge in [0.15, 0.2) is 0 Å². The molecule has 0 spiro atoms. The molecule has 0 saturated carbocycles. The zero-order valence-electron chi connectivity index (χ0n) is 32.1. The zero-order valence-corrected chi connectivity index (χ0v) is 33.0. The Morgan fingerprint density at radius 3 is 1.68 bits per heavy atom. The van der Waals surface area contributed by atoms with E-state index < -0.39 is 13.9 Å². The molecule has 2 atom stereocenters. The molecular formula is C41H76NO7P. The fourth-order valence-corrected chi connectivity index (χ4v) is 6.11. The van der Waals surface area contributed by atoms with Gasteiger partial charge in [0.25, 0.3) is 0 Å². The number of phosphoric ester groups is 1. The second kappa shape index (κ2) is 38.7. The van der Waals surface area contributed by atoms with Gasteiger partial charge >= 0.3 is 13.8 Å². The van der Waals surface area contributed by atoms with Crippen molar-refractivity contribution >= 4 is 13.8 Å². The first kappa shape index (κ1) is 48.5. The van der Waals surface area contributed by atoms with Gasteiger partial charge in [-0.2, -0.15) is 0 Å². The second-order valence-corrected chi connectivity index (χ2v) is 14.6. The van der Waals surface area contributed by atoms with Gasteiger partial charge in [0.2, 0.25) is 0 Å². The topological polar surface area (TPSA) is 117 Å². The highest BCUT2D eigenvalue weighted by Crippen LogP contribution is 2.43. The van der Waals surface area contributed by atoms with E-state index in [4.69, 9.17) is 24.3 Å². The molecule has 292 valence electrons. The minimum Gasteiger partial charge on any atom is -0.457 e. The van der Waals surface area contributed by atoms with E-state index in [1.165, 1.54) is 89.9 Å². The summed E-state index contributed by atoms with van der Waals surface area (Å²) in [6, 6.07) is 0. The van der Waals surface area contributed by atoms with Crippen LogP contribution >= 0.6 is 7.82 Å². The van der Waals surface area contributed by atoms with Crippen LogP contribution in [0.4, 0.5) is 0 Å². The summed E-state index contributed by atoms with van der Waals surface area (Å²) in [4.78, 5) is 22.4. The lowest BCUT2D eigenvalue weighted by molar-refractivity contribution is -0.154. The predicted molar refractivity (Wildman–Crippen MR) is 210 cm³/mol. The molecule has 0 aliphatic heterocycles. The molecule has 0 fully saturated rings. The van der Waals surface area contributed by atoms with Crippen LogP contribution in [0.2, 0.25) is 0 Å². The number of phosphoric acid groups is 1. The van der Waals surface area contributed by atoms with Crippen LogP contribution in [0, 0.1) is 0 Å². The summed E-state index contributed by atoms with van der Waals surface area (Å²) in [5, 5.41) is 0. The Kier molecular flexibility index (Phi) is 37.5. The number of nitrogens with two attached hydrogens (primary N) is 1. The molecule has 50 heavy (non-hydrogen) atoms. The predicted octanol–water partition coefficient (Wildman–Crippen LogP) is 11.6. The van der Waals surface area contributed by atoms with E-state index >= 15 is 0 Å². The summed E-state index contributed by atoms with van der Waals surface area (Å²) in [5.74, 6) is -0.338. The Morgan fingerprint density at radius 1 is 0.620 bits per heavy atom. The third kappa shape index (κ3) is 37.7. The number of allylic oxidation sites excluding steroid dienone is 8. The van der Waals surface area contributed by atoms with Crippen molar-refractivity contribution in [2.24, 2.45) is 5.73 Å². The summed E-state index contributed by atoms with van der Waals surface area (Å²) >= 11 is 0. The molecule has 2 unspecified atom stereocenters. The molecule has 3 N–H and O–H groups in total. The molecule has 0 aliphatic carbocycles. The van der Waals surface area contributed by atoms with Gasteiger partial charge in [-0.1, -0.05) is 159 Å². The van der Waals surface area contributed by atoms with E-state index in [1.807, 2.05) is 0 Å². The fourth-order valence-electron chi connectivity index (χ4n) is 5.34. The largest absolute Gasteiger partial charge is 0.472 e. The van der Waals surface area contributed by atoms with Crippen molar-refractivity contribution in [1.29, 1.82) is 0 Å². The minimum atomic E-state index is -4.27. The van der Waals surface area contributed by atoms with Crippen molar-refractivity contribution in [1.82, 2.24) is 0 Å². The highest BCUT2D eigenvalue weighted by molar-refractivity contribution is 7.47. The highest BCUT2D eigenvalue weighted by atomic mass is 31.2. The lowest BCUT2D eigenvalue weighted by Gasteiger charge is -2.20. The third-order valence-corrected chi connectivity index (χ3v) is 9.24. The van der Waals surface area contributed by atoms with Crippen molar-refractivity contribution in [2.45, 2.75) is 174 Å². The lowest BCUT2D eigenvalue weighted by atomic mass is 10.0. The number of unbranched alkanes of at least 4 members (excludes halogenated alkanes) is 17. The molecule has 0 aromatic carbocycles. The standard InChI is InChI=1S/C41H76NO7P/c1-3-5-7-9-11-13-14-15-16-17-18-19-20-21-22-23-24-25-26-27-28-30-32-34-41(43)49-40(39-48-50(44,45)47-37-35-42)38-46-36-33-31-29-12-10-8-6-4-2/h5,7,11,13,15-16,18-19,40H,3-4,6,8-10,12,14,17,20-39,42H2,1-2H3,(H,44,45)/b7-5-,13-11-,16-15-,19-18-. The molecule has 0 bridgehead atoms. The Balaban J connectivity index is 3.95. The summed E-state index contributed by atoms with van der Waals surface area (Å²) in [7, 11) is -4.27. The number of carbonyl (C=O) groups is 1. The molecule has 0 aliphatic rings. The van der Waals surface area contributed by atoms with Gasteiger partial charge in [-0.25, -0.2) is 4.57 Å². The van der Waals surface area contributed by atoms with E-state index in [-0.39, 0.29) is 32.3 Å². The first-order valence-corrected chi connectivity index (χ1v) is 21.6. The average Bonchev–Trinajstić information content (AvgIpc) is 3.10. The van der Waals surface area contributed by atoms with Crippen LogP contribution in [0.25, 0.3) is 0 Å². The number of esters is 1. The van der Waals surface area contributed by atoms with Gasteiger partial charge in [-0.3, -0.25) is 13.8 Å². The van der Waals surface area contributed by atoms with Crippen molar-refractivity contribution in [2.75, 3.05) is 33.0 Å². The maximum absolute atomic E-state index is 12.5. The van der Waals surface area contributed by atoms with Crippen LogP contribution in [0.3, 0.4) is 0 Å². The van der Waals surface area contributed by atoms with Gasteiger partial charge in [-0.05, 0) is 51.4 Å². The maximum atomic E-state index is 12.5. The van der Waals surface area contributed by atoms with Crippen LogP contribution in [-0.2, 0) is 27.9 Å². The number of ether oxygens (including phenoxy) is 2. The smallest absolute Gasteiger partial charge is 0.457 e.